The normalized spacial score (nSPS) is 14.5. The van der Waals surface area contributed by atoms with Crippen LogP contribution in [-0.2, 0) is 14.3 Å². The molecular weight excluding hydrogens is 430 g/mol. The third kappa shape index (κ3) is 6.50. The van der Waals surface area contributed by atoms with Gasteiger partial charge in [-0.05, 0) is 61.7 Å². The van der Waals surface area contributed by atoms with Gasteiger partial charge in [0.2, 0.25) is 0 Å². The predicted octanol–water partition coefficient (Wildman–Crippen LogP) is 2.84. The standard InChI is InChI=1S/C23H27N3O7/c1-32-22(28)15-25-9-7-16(8-10-25)17-3-2-4-19(13-17)24-20-6-5-18(14-21(20)26(30)31)23(29)33-12-11-27/h2-6,13-14,16,24,27H,7-12,15H2,1H3. The van der Waals surface area contributed by atoms with Gasteiger partial charge in [-0.1, -0.05) is 12.1 Å². The monoisotopic (exact) mass is 457 g/mol. The molecule has 33 heavy (non-hydrogen) atoms. The number of nitro groups is 1. The van der Waals surface area contributed by atoms with Crippen LogP contribution < -0.4 is 5.32 Å². The summed E-state index contributed by atoms with van der Waals surface area (Å²) in [6.45, 7) is 1.36. The zero-order valence-electron chi connectivity index (χ0n) is 18.4. The maximum absolute atomic E-state index is 12.0. The fourth-order valence-electron chi connectivity index (χ4n) is 3.83. The van der Waals surface area contributed by atoms with E-state index in [9.17, 15) is 19.7 Å². The molecule has 0 saturated carbocycles. The van der Waals surface area contributed by atoms with E-state index in [1.807, 2.05) is 24.3 Å². The summed E-state index contributed by atoms with van der Waals surface area (Å²) in [5, 5.41) is 23.4. The fraction of sp³-hybridized carbons (Fsp3) is 0.391. The van der Waals surface area contributed by atoms with E-state index in [2.05, 4.69) is 10.2 Å². The summed E-state index contributed by atoms with van der Waals surface area (Å²) < 4.78 is 9.56. The lowest BCUT2D eigenvalue weighted by Crippen LogP contribution is -2.37. The van der Waals surface area contributed by atoms with Crippen molar-refractivity contribution in [3.8, 4) is 0 Å². The minimum Gasteiger partial charge on any atom is -0.468 e. The maximum atomic E-state index is 12.0. The summed E-state index contributed by atoms with van der Waals surface area (Å²) in [6, 6.07) is 11.8. The number of methoxy groups -OCH3 is 1. The SMILES string of the molecule is COC(=O)CN1CCC(c2cccc(Nc3ccc(C(=O)OCCO)cc3[N+](=O)[O-])c2)CC1. The second-order valence-electron chi connectivity index (χ2n) is 7.73. The van der Waals surface area contributed by atoms with Crippen molar-refractivity contribution in [3.05, 3.63) is 63.7 Å². The summed E-state index contributed by atoms with van der Waals surface area (Å²) in [5.74, 6) is -0.660. The van der Waals surface area contributed by atoms with Crippen molar-refractivity contribution in [2.24, 2.45) is 0 Å². The summed E-state index contributed by atoms with van der Waals surface area (Å²) in [7, 11) is 1.38. The quantitative estimate of drug-likeness (QED) is 0.331. The van der Waals surface area contributed by atoms with Crippen LogP contribution in [0.1, 0.15) is 34.7 Å². The summed E-state index contributed by atoms with van der Waals surface area (Å²) in [4.78, 5) is 36.5. The first-order chi connectivity index (χ1) is 15.9. The number of carbonyl (C=O) groups is 2. The van der Waals surface area contributed by atoms with Crippen LogP contribution in [0, 0.1) is 10.1 Å². The molecule has 1 aliphatic rings. The molecule has 0 bridgehead atoms. The van der Waals surface area contributed by atoms with E-state index in [0.717, 1.165) is 37.6 Å². The molecular formula is C23H27N3O7. The average molecular weight is 457 g/mol. The third-order valence-corrected chi connectivity index (χ3v) is 5.56. The van der Waals surface area contributed by atoms with Crippen molar-refractivity contribution in [3.63, 3.8) is 0 Å². The van der Waals surface area contributed by atoms with Gasteiger partial charge in [0.15, 0.2) is 0 Å². The van der Waals surface area contributed by atoms with Gasteiger partial charge in [0.1, 0.15) is 12.3 Å². The molecule has 2 aromatic rings. The van der Waals surface area contributed by atoms with Crippen molar-refractivity contribution in [1.29, 1.82) is 0 Å². The number of piperidine rings is 1. The van der Waals surface area contributed by atoms with E-state index >= 15 is 0 Å². The van der Waals surface area contributed by atoms with Gasteiger partial charge < -0.3 is 19.9 Å². The number of benzene rings is 2. The van der Waals surface area contributed by atoms with Crippen molar-refractivity contribution < 1.29 is 29.1 Å². The molecule has 1 fully saturated rings. The van der Waals surface area contributed by atoms with Crippen LogP contribution in [0.5, 0.6) is 0 Å². The number of carbonyl (C=O) groups excluding carboxylic acids is 2. The van der Waals surface area contributed by atoms with E-state index in [1.54, 1.807) is 0 Å². The molecule has 2 aromatic carbocycles. The van der Waals surface area contributed by atoms with Crippen LogP contribution in [0.15, 0.2) is 42.5 Å². The number of esters is 2. The predicted molar refractivity (Wildman–Crippen MR) is 121 cm³/mol. The molecule has 1 aliphatic heterocycles. The minimum atomic E-state index is -0.737. The lowest BCUT2D eigenvalue weighted by atomic mass is 9.89. The van der Waals surface area contributed by atoms with E-state index in [4.69, 9.17) is 14.6 Å². The fourth-order valence-corrected chi connectivity index (χ4v) is 3.83. The highest BCUT2D eigenvalue weighted by Gasteiger charge is 2.23. The number of nitrogens with one attached hydrogen (secondary N) is 1. The topological polar surface area (TPSA) is 131 Å². The number of ether oxygens (including phenoxy) is 2. The summed E-state index contributed by atoms with van der Waals surface area (Å²) >= 11 is 0. The number of hydrogen-bond acceptors (Lipinski definition) is 9. The molecule has 0 aliphatic carbocycles. The van der Waals surface area contributed by atoms with Gasteiger partial charge in [-0.15, -0.1) is 0 Å². The number of rotatable bonds is 9. The lowest BCUT2D eigenvalue weighted by Gasteiger charge is -2.31. The molecule has 0 atom stereocenters. The Morgan fingerprint density at radius 2 is 1.97 bits per heavy atom. The van der Waals surface area contributed by atoms with Gasteiger partial charge >= 0.3 is 11.9 Å². The first-order valence-corrected chi connectivity index (χ1v) is 10.6. The number of aliphatic hydroxyl groups is 1. The van der Waals surface area contributed by atoms with E-state index < -0.39 is 10.9 Å². The molecule has 0 aromatic heterocycles. The zero-order valence-corrected chi connectivity index (χ0v) is 18.4. The molecule has 0 amide bonds. The first kappa shape index (κ1) is 24.1. The van der Waals surface area contributed by atoms with Crippen LogP contribution >= 0.6 is 0 Å². The molecule has 3 rings (SSSR count). The first-order valence-electron chi connectivity index (χ1n) is 10.6. The van der Waals surface area contributed by atoms with Gasteiger partial charge in [-0.3, -0.25) is 19.8 Å². The van der Waals surface area contributed by atoms with Crippen molar-refractivity contribution in [2.75, 3.05) is 45.3 Å². The molecule has 0 spiro atoms. The van der Waals surface area contributed by atoms with Crippen molar-refractivity contribution in [2.45, 2.75) is 18.8 Å². The highest BCUT2D eigenvalue weighted by molar-refractivity contribution is 5.91. The lowest BCUT2D eigenvalue weighted by molar-refractivity contribution is -0.383. The molecule has 0 radical (unpaired) electrons. The van der Waals surface area contributed by atoms with Gasteiger partial charge in [0, 0.05) is 11.8 Å². The zero-order chi connectivity index (χ0) is 23.8. The second-order valence-corrected chi connectivity index (χ2v) is 7.73. The van der Waals surface area contributed by atoms with Crippen molar-refractivity contribution >= 4 is 29.0 Å². The highest BCUT2D eigenvalue weighted by Crippen LogP contribution is 2.33. The molecule has 0 unspecified atom stereocenters. The largest absolute Gasteiger partial charge is 0.468 e. The number of aliphatic hydroxyl groups excluding tert-OH is 1. The second kappa shape index (κ2) is 11.4. The Morgan fingerprint density at radius 3 is 2.64 bits per heavy atom. The minimum absolute atomic E-state index is 0.0353. The molecule has 176 valence electrons. The van der Waals surface area contributed by atoms with Gasteiger partial charge in [0.25, 0.3) is 5.69 Å². The van der Waals surface area contributed by atoms with Gasteiger partial charge in [-0.2, -0.15) is 0 Å². The van der Waals surface area contributed by atoms with Gasteiger partial charge in [0.05, 0.1) is 30.7 Å². The summed E-state index contributed by atoms with van der Waals surface area (Å²) in [6.07, 6.45) is 1.79. The van der Waals surface area contributed by atoms with Crippen LogP contribution in [-0.4, -0.2) is 66.8 Å². The third-order valence-electron chi connectivity index (χ3n) is 5.56. The van der Waals surface area contributed by atoms with Crippen LogP contribution in [0.3, 0.4) is 0 Å². The highest BCUT2D eigenvalue weighted by atomic mass is 16.6. The Hall–Kier alpha value is -3.50. The van der Waals surface area contributed by atoms with Crippen LogP contribution in [0.2, 0.25) is 0 Å². The van der Waals surface area contributed by atoms with Crippen molar-refractivity contribution in [1.82, 2.24) is 4.90 Å². The number of likely N-dealkylation sites (tertiary alicyclic amines) is 1. The molecule has 2 N–H and O–H groups in total. The molecule has 10 nitrogen and oxygen atoms in total. The smallest absolute Gasteiger partial charge is 0.338 e. The molecule has 1 heterocycles. The number of anilines is 2. The Bertz CT molecular complexity index is 1000. The number of hydrogen-bond donors (Lipinski definition) is 2. The Labute approximate surface area is 191 Å². The number of nitro benzene ring substituents is 1. The average Bonchev–Trinajstić information content (AvgIpc) is 2.83. The molecule has 1 saturated heterocycles. The van der Waals surface area contributed by atoms with Crippen LogP contribution in [0.25, 0.3) is 0 Å². The van der Waals surface area contributed by atoms with Gasteiger partial charge in [-0.25, -0.2) is 4.79 Å². The number of nitrogens with zero attached hydrogens (tertiary/aromatic N) is 2. The Balaban J connectivity index is 1.70. The van der Waals surface area contributed by atoms with E-state index in [-0.39, 0.29) is 42.7 Å². The van der Waals surface area contributed by atoms with Crippen LogP contribution in [0.4, 0.5) is 17.1 Å². The molecule has 10 heteroatoms. The van der Waals surface area contributed by atoms with E-state index in [1.165, 1.54) is 19.2 Å². The maximum Gasteiger partial charge on any atom is 0.338 e. The Kier molecular flexibility index (Phi) is 8.34. The van der Waals surface area contributed by atoms with E-state index in [0.29, 0.717) is 11.6 Å². The Morgan fingerprint density at radius 1 is 1.21 bits per heavy atom. The summed E-state index contributed by atoms with van der Waals surface area (Å²) in [5.41, 5.74) is 1.85.